The summed E-state index contributed by atoms with van der Waals surface area (Å²) in [5, 5.41) is 14.4. The first kappa shape index (κ1) is 22.0. The molecule has 1 aliphatic rings. The van der Waals surface area contributed by atoms with Crippen molar-refractivity contribution in [2.45, 2.75) is 6.92 Å². The number of halogens is 3. The monoisotopic (exact) mass is 470 g/mol. The fourth-order valence-corrected chi connectivity index (χ4v) is 3.52. The SMILES string of the molecule is Cc1ccc(NC(=O)N(O)C2=Nc3ccc(Cl)cc3C(c3ccccc3F)=NC2)cc1Cl. The number of carbonyl (C=O) groups is 1. The van der Waals surface area contributed by atoms with E-state index < -0.39 is 11.8 Å². The second kappa shape index (κ2) is 9.08. The minimum atomic E-state index is -0.844. The molecule has 9 heteroatoms. The average Bonchev–Trinajstić information content (AvgIpc) is 2.95. The van der Waals surface area contributed by atoms with Gasteiger partial charge in [0.1, 0.15) is 12.4 Å². The molecule has 3 aromatic carbocycles. The van der Waals surface area contributed by atoms with E-state index in [0.717, 1.165) is 5.56 Å². The summed E-state index contributed by atoms with van der Waals surface area (Å²) in [4.78, 5) is 21.4. The number of carbonyl (C=O) groups excluding carboxylic acids is 1. The number of rotatable bonds is 2. The molecule has 1 heterocycles. The number of amidine groups is 1. The molecule has 4 rings (SSSR count). The van der Waals surface area contributed by atoms with Crippen LogP contribution in [0.5, 0.6) is 0 Å². The van der Waals surface area contributed by atoms with Crippen LogP contribution >= 0.6 is 23.2 Å². The Kier molecular flexibility index (Phi) is 6.23. The number of fused-ring (bicyclic) bond motifs is 1. The molecule has 2 N–H and O–H groups in total. The van der Waals surface area contributed by atoms with Crippen molar-refractivity contribution in [2.24, 2.45) is 9.98 Å². The Hall–Kier alpha value is -3.26. The zero-order chi connectivity index (χ0) is 22.8. The van der Waals surface area contributed by atoms with Crippen molar-refractivity contribution in [3.63, 3.8) is 0 Å². The maximum Gasteiger partial charge on any atom is 0.351 e. The number of aliphatic imine (C=N–C) groups is 2. The molecule has 6 nitrogen and oxygen atoms in total. The number of amides is 2. The second-order valence-electron chi connectivity index (χ2n) is 7.04. The van der Waals surface area contributed by atoms with E-state index in [1.54, 1.807) is 54.6 Å². The van der Waals surface area contributed by atoms with Gasteiger partial charge in [-0.3, -0.25) is 10.2 Å². The van der Waals surface area contributed by atoms with Gasteiger partial charge in [0.2, 0.25) is 0 Å². The van der Waals surface area contributed by atoms with Crippen molar-refractivity contribution in [1.29, 1.82) is 0 Å². The molecule has 162 valence electrons. The summed E-state index contributed by atoms with van der Waals surface area (Å²) in [6, 6.07) is 15.2. The number of hydroxylamine groups is 2. The van der Waals surface area contributed by atoms with Gasteiger partial charge in [-0.05, 0) is 55.0 Å². The third kappa shape index (κ3) is 4.50. The van der Waals surface area contributed by atoms with E-state index in [1.165, 1.54) is 6.07 Å². The van der Waals surface area contributed by atoms with Crippen LogP contribution in [-0.2, 0) is 0 Å². The molecule has 0 aromatic heterocycles. The molecule has 1 aliphatic heterocycles. The zero-order valence-corrected chi connectivity index (χ0v) is 18.3. The molecule has 0 saturated carbocycles. The van der Waals surface area contributed by atoms with Crippen molar-refractivity contribution in [1.82, 2.24) is 5.06 Å². The van der Waals surface area contributed by atoms with Crippen LogP contribution in [0.15, 0.2) is 70.6 Å². The number of urea groups is 1. The first-order chi connectivity index (χ1) is 15.3. The van der Waals surface area contributed by atoms with Crippen LogP contribution in [0.1, 0.15) is 16.7 Å². The highest BCUT2D eigenvalue weighted by atomic mass is 35.5. The fraction of sp³-hybridized carbons (Fsp3) is 0.0870. The van der Waals surface area contributed by atoms with Gasteiger partial charge in [0, 0.05) is 26.9 Å². The van der Waals surface area contributed by atoms with Gasteiger partial charge in [-0.15, -0.1) is 0 Å². The Labute approximate surface area is 193 Å². The number of hydrogen-bond donors (Lipinski definition) is 2. The average molecular weight is 471 g/mol. The van der Waals surface area contributed by atoms with E-state index in [4.69, 9.17) is 23.2 Å². The number of anilines is 1. The van der Waals surface area contributed by atoms with Gasteiger partial charge < -0.3 is 5.32 Å². The van der Waals surface area contributed by atoms with Gasteiger partial charge in [-0.25, -0.2) is 14.2 Å². The number of aryl methyl sites for hydroxylation is 1. The molecule has 2 amide bonds. The van der Waals surface area contributed by atoms with Crippen LogP contribution in [0.4, 0.5) is 20.6 Å². The highest BCUT2D eigenvalue weighted by molar-refractivity contribution is 6.32. The topological polar surface area (TPSA) is 77.3 Å². The van der Waals surface area contributed by atoms with Crippen LogP contribution in [0.25, 0.3) is 0 Å². The lowest BCUT2D eigenvalue weighted by molar-refractivity contribution is 0.0321. The quantitative estimate of drug-likeness (QED) is 0.343. The number of hydrogen-bond acceptors (Lipinski definition) is 4. The highest BCUT2D eigenvalue weighted by Gasteiger charge is 2.24. The van der Waals surface area contributed by atoms with E-state index >= 15 is 0 Å². The molecule has 32 heavy (non-hydrogen) atoms. The van der Waals surface area contributed by atoms with Crippen molar-refractivity contribution in [2.75, 3.05) is 11.9 Å². The van der Waals surface area contributed by atoms with Gasteiger partial charge in [-0.2, -0.15) is 5.06 Å². The van der Waals surface area contributed by atoms with Gasteiger partial charge in [-0.1, -0.05) is 41.4 Å². The fourth-order valence-electron chi connectivity index (χ4n) is 3.17. The minimum Gasteiger partial charge on any atom is -0.306 e. The summed E-state index contributed by atoms with van der Waals surface area (Å²) in [6.45, 7) is 1.66. The standard InChI is InChI=1S/C23H17Cl2FN4O2/c1-13-6-8-15(11-18(13)25)28-23(31)30(32)21-12-27-22(16-4-2-3-5-19(16)26)17-10-14(24)7-9-20(17)29-21/h2-11,32H,12H2,1H3,(H,28,31). The molecule has 0 aliphatic carbocycles. The minimum absolute atomic E-state index is 0.0457. The first-order valence-electron chi connectivity index (χ1n) is 9.56. The molecule has 0 spiro atoms. The predicted molar refractivity (Wildman–Crippen MR) is 124 cm³/mol. The van der Waals surface area contributed by atoms with Gasteiger partial charge in [0.05, 0.1) is 11.4 Å². The number of nitrogens with zero attached hydrogens (tertiary/aromatic N) is 3. The molecule has 0 radical (unpaired) electrons. The summed E-state index contributed by atoms with van der Waals surface area (Å²) in [5.41, 5.74) is 2.70. The Morgan fingerprint density at radius 3 is 2.62 bits per heavy atom. The maximum absolute atomic E-state index is 14.5. The third-order valence-electron chi connectivity index (χ3n) is 4.83. The smallest absolute Gasteiger partial charge is 0.306 e. The molecular formula is C23H17Cl2FN4O2. The molecule has 0 atom stereocenters. The van der Waals surface area contributed by atoms with E-state index in [0.29, 0.717) is 37.8 Å². The Bertz CT molecular complexity index is 1280. The molecule has 0 fully saturated rings. The van der Waals surface area contributed by atoms with Crippen LogP contribution in [-0.4, -0.2) is 34.4 Å². The van der Waals surface area contributed by atoms with Gasteiger partial charge >= 0.3 is 6.03 Å². The van der Waals surface area contributed by atoms with Gasteiger partial charge in [0.15, 0.2) is 5.84 Å². The summed E-state index contributed by atoms with van der Waals surface area (Å²) in [5.74, 6) is -0.508. The summed E-state index contributed by atoms with van der Waals surface area (Å²) in [7, 11) is 0. The van der Waals surface area contributed by atoms with Crippen LogP contribution in [0, 0.1) is 12.7 Å². The highest BCUT2D eigenvalue weighted by Crippen LogP contribution is 2.29. The second-order valence-corrected chi connectivity index (χ2v) is 7.88. The van der Waals surface area contributed by atoms with Crippen LogP contribution < -0.4 is 5.32 Å². The number of nitrogens with one attached hydrogen (secondary N) is 1. The molecule has 0 unspecified atom stereocenters. The van der Waals surface area contributed by atoms with E-state index in [9.17, 15) is 14.4 Å². The third-order valence-corrected chi connectivity index (χ3v) is 5.47. The first-order valence-corrected chi connectivity index (χ1v) is 10.3. The molecular weight excluding hydrogens is 454 g/mol. The van der Waals surface area contributed by atoms with Crippen LogP contribution in [0.3, 0.4) is 0 Å². The molecule has 0 bridgehead atoms. The van der Waals surface area contributed by atoms with E-state index in [-0.39, 0.29) is 17.9 Å². The van der Waals surface area contributed by atoms with Crippen molar-refractivity contribution in [3.05, 3.63) is 93.2 Å². The predicted octanol–water partition coefficient (Wildman–Crippen LogP) is 6.25. The van der Waals surface area contributed by atoms with Crippen molar-refractivity contribution < 1.29 is 14.4 Å². The Balaban J connectivity index is 1.68. The number of benzene rings is 3. The largest absolute Gasteiger partial charge is 0.351 e. The van der Waals surface area contributed by atoms with E-state index in [2.05, 4.69) is 15.3 Å². The molecule has 0 saturated heterocycles. The normalized spacial score (nSPS) is 12.9. The summed E-state index contributed by atoms with van der Waals surface area (Å²) < 4.78 is 14.5. The summed E-state index contributed by atoms with van der Waals surface area (Å²) in [6.07, 6.45) is 0. The Morgan fingerprint density at radius 2 is 1.88 bits per heavy atom. The zero-order valence-electron chi connectivity index (χ0n) is 16.8. The molecule has 3 aromatic rings. The van der Waals surface area contributed by atoms with Crippen molar-refractivity contribution in [3.8, 4) is 0 Å². The van der Waals surface area contributed by atoms with Gasteiger partial charge in [0.25, 0.3) is 0 Å². The lowest BCUT2D eigenvalue weighted by Gasteiger charge is -2.16. The lowest BCUT2D eigenvalue weighted by Crippen LogP contribution is -2.38. The lowest BCUT2D eigenvalue weighted by atomic mass is 10.0. The van der Waals surface area contributed by atoms with Crippen LogP contribution in [0.2, 0.25) is 10.0 Å². The van der Waals surface area contributed by atoms with E-state index in [1.807, 2.05) is 6.92 Å². The summed E-state index contributed by atoms with van der Waals surface area (Å²) >= 11 is 12.2. The Morgan fingerprint density at radius 1 is 1.09 bits per heavy atom. The maximum atomic E-state index is 14.5. The van der Waals surface area contributed by atoms with Crippen molar-refractivity contribution >= 4 is 52.2 Å².